The van der Waals surface area contributed by atoms with Crippen LogP contribution in [0.2, 0.25) is 0 Å². The maximum atomic E-state index is 12.0. The van der Waals surface area contributed by atoms with E-state index in [1.807, 2.05) is 0 Å². The molecule has 2 aliphatic heterocycles. The first kappa shape index (κ1) is 16.2. The van der Waals surface area contributed by atoms with Crippen molar-refractivity contribution >= 4 is 11.9 Å². The smallest absolute Gasteiger partial charge is 0.306 e. The molecule has 0 aromatic carbocycles. The Morgan fingerprint density at radius 2 is 1.95 bits per heavy atom. The lowest BCUT2D eigenvalue weighted by atomic mass is 9.97. The van der Waals surface area contributed by atoms with E-state index in [1.165, 1.54) is 6.42 Å². The molecule has 0 saturated carbocycles. The highest BCUT2D eigenvalue weighted by molar-refractivity contribution is 5.78. The fraction of sp³-hybridized carbons (Fsp3) is 0.867. The van der Waals surface area contributed by atoms with Gasteiger partial charge < -0.3 is 20.1 Å². The molecule has 2 heterocycles. The first-order chi connectivity index (χ1) is 10.2. The Bertz CT molecular complexity index is 348. The van der Waals surface area contributed by atoms with E-state index in [1.54, 1.807) is 4.90 Å². The largest absolute Gasteiger partial charge is 0.481 e. The summed E-state index contributed by atoms with van der Waals surface area (Å²) in [5.74, 6) is -0.957. The first-order valence-electron chi connectivity index (χ1n) is 7.99. The standard InChI is InChI=1S/C15H26N2O4/c18-14(17-8-5-12(6-9-17)15(19)20)11-16-7-4-13-3-1-2-10-21-13/h12-13,16H,1-11H2,(H,19,20). The molecule has 2 aliphatic rings. The number of carboxylic acid groups (broad SMARTS) is 1. The number of nitrogens with zero attached hydrogens (tertiary/aromatic N) is 1. The van der Waals surface area contributed by atoms with E-state index in [0.29, 0.717) is 38.6 Å². The molecule has 1 amide bonds. The zero-order chi connectivity index (χ0) is 15.1. The van der Waals surface area contributed by atoms with Gasteiger partial charge >= 0.3 is 5.97 Å². The van der Waals surface area contributed by atoms with Crippen LogP contribution in [-0.2, 0) is 14.3 Å². The molecular formula is C15H26N2O4. The molecule has 1 unspecified atom stereocenters. The molecule has 0 aromatic rings. The highest BCUT2D eigenvalue weighted by atomic mass is 16.5. The maximum absolute atomic E-state index is 12.0. The number of hydrogen-bond acceptors (Lipinski definition) is 4. The third kappa shape index (κ3) is 5.28. The predicted molar refractivity (Wildman–Crippen MR) is 78.0 cm³/mol. The summed E-state index contributed by atoms with van der Waals surface area (Å²) in [4.78, 5) is 24.6. The molecular weight excluding hydrogens is 272 g/mol. The number of hydrogen-bond donors (Lipinski definition) is 2. The quantitative estimate of drug-likeness (QED) is 0.711. The van der Waals surface area contributed by atoms with Crippen molar-refractivity contribution in [1.29, 1.82) is 0 Å². The van der Waals surface area contributed by atoms with Gasteiger partial charge in [-0.3, -0.25) is 9.59 Å². The van der Waals surface area contributed by atoms with E-state index in [-0.39, 0.29) is 11.8 Å². The Labute approximate surface area is 125 Å². The molecule has 2 fully saturated rings. The summed E-state index contributed by atoms with van der Waals surface area (Å²) >= 11 is 0. The van der Waals surface area contributed by atoms with Crippen molar-refractivity contribution in [3.8, 4) is 0 Å². The highest BCUT2D eigenvalue weighted by Gasteiger charge is 2.26. The van der Waals surface area contributed by atoms with Gasteiger partial charge in [0.15, 0.2) is 0 Å². The van der Waals surface area contributed by atoms with Crippen molar-refractivity contribution in [2.24, 2.45) is 5.92 Å². The number of rotatable bonds is 6. The molecule has 0 aromatic heterocycles. The fourth-order valence-corrected chi connectivity index (χ4v) is 2.98. The normalized spacial score (nSPS) is 24.0. The summed E-state index contributed by atoms with van der Waals surface area (Å²) in [5.41, 5.74) is 0. The van der Waals surface area contributed by atoms with Gasteiger partial charge in [-0.1, -0.05) is 0 Å². The molecule has 6 heteroatoms. The summed E-state index contributed by atoms with van der Waals surface area (Å²) in [6.45, 7) is 3.11. The Hall–Kier alpha value is -1.14. The molecule has 21 heavy (non-hydrogen) atoms. The Morgan fingerprint density at radius 3 is 2.57 bits per heavy atom. The number of amides is 1. The van der Waals surface area contributed by atoms with E-state index in [0.717, 1.165) is 32.4 Å². The van der Waals surface area contributed by atoms with Crippen LogP contribution in [0.5, 0.6) is 0 Å². The van der Waals surface area contributed by atoms with Crippen LogP contribution in [0.15, 0.2) is 0 Å². The lowest BCUT2D eigenvalue weighted by molar-refractivity contribution is -0.145. The number of carboxylic acids is 1. The van der Waals surface area contributed by atoms with Gasteiger partial charge in [0.2, 0.25) is 5.91 Å². The number of carbonyl (C=O) groups is 2. The lowest BCUT2D eigenvalue weighted by Crippen LogP contribution is -2.44. The SMILES string of the molecule is O=C(O)C1CCN(C(=O)CNCCC2CCCCO2)CC1. The topological polar surface area (TPSA) is 78.9 Å². The molecule has 0 spiro atoms. The average Bonchev–Trinajstić information content (AvgIpc) is 2.52. The van der Waals surface area contributed by atoms with Crippen molar-refractivity contribution in [2.45, 2.75) is 44.6 Å². The number of nitrogens with one attached hydrogen (secondary N) is 1. The molecule has 2 N–H and O–H groups in total. The van der Waals surface area contributed by atoms with E-state index in [9.17, 15) is 9.59 Å². The van der Waals surface area contributed by atoms with Crippen LogP contribution < -0.4 is 5.32 Å². The minimum absolute atomic E-state index is 0.0726. The van der Waals surface area contributed by atoms with Gasteiger partial charge in [-0.25, -0.2) is 0 Å². The number of piperidine rings is 1. The second-order valence-electron chi connectivity index (χ2n) is 5.95. The lowest BCUT2D eigenvalue weighted by Gasteiger charge is -2.30. The Balaban J connectivity index is 1.56. The van der Waals surface area contributed by atoms with Gasteiger partial charge in [-0.15, -0.1) is 0 Å². The number of ether oxygens (including phenoxy) is 1. The van der Waals surface area contributed by atoms with E-state index in [2.05, 4.69) is 5.32 Å². The molecule has 2 saturated heterocycles. The van der Waals surface area contributed by atoms with Crippen molar-refractivity contribution in [1.82, 2.24) is 10.2 Å². The molecule has 6 nitrogen and oxygen atoms in total. The van der Waals surface area contributed by atoms with Gasteiger partial charge in [-0.05, 0) is 45.1 Å². The summed E-state index contributed by atoms with van der Waals surface area (Å²) in [7, 11) is 0. The Kier molecular flexibility index (Phi) is 6.45. The van der Waals surface area contributed by atoms with E-state index in [4.69, 9.17) is 9.84 Å². The molecule has 1 atom stereocenters. The van der Waals surface area contributed by atoms with Crippen LogP contribution in [0, 0.1) is 5.92 Å². The maximum Gasteiger partial charge on any atom is 0.306 e. The molecule has 0 radical (unpaired) electrons. The molecule has 0 bridgehead atoms. The van der Waals surface area contributed by atoms with Gasteiger partial charge in [0.05, 0.1) is 18.6 Å². The summed E-state index contributed by atoms with van der Waals surface area (Å²) in [5, 5.41) is 12.1. The minimum atomic E-state index is -0.743. The highest BCUT2D eigenvalue weighted by Crippen LogP contribution is 2.17. The molecule has 0 aliphatic carbocycles. The predicted octanol–water partition coefficient (Wildman–Crippen LogP) is 0.858. The van der Waals surface area contributed by atoms with Crippen molar-refractivity contribution in [3.63, 3.8) is 0 Å². The third-order valence-corrected chi connectivity index (χ3v) is 4.39. The average molecular weight is 298 g/mol. The van der Waals surface area contributed by atoms with Gasteiger partial charge in [-0.2, -0.15) is 0 Å². The minimum Gasteiger partial charge on any atom is -0.481 e. The van der Waals surface area contributed by atoms with E-state index >= 15 is 0 Å². The fourth-order valence-electron chi connectivity index (χ4n) is 2.98. The van der Waals surface area contributed by atoms with Gasteiger partial charge in [0.1, 0.15) is 0 Å². The van der Waals surface area contributed by atoms with Crippen LogP contribution in [0.3, 0.4) is 0 Å². The van der Waals surface area contributed by atoms with Crippen LogP contribution >= 0.6 is 0 Å². The van der Waals surface area contributed by atoms with E-state index < -0.39 is 5.97 Å². The van der Waals surface area contributed by atoms with Crippen molar-refractivity contribution < 1.29 is 19.4 Å². The number of aliphatic carboxylic acids is 1. The van der Waals surface area contributed by atoms with Gasteiger partial charge in [0, 0.05) is 19.7 Å². The monoisotopic (exact) mass is 298 g/mol. The zero-order valence-electron chi connectivity index (χ0n) is 12.6. The van der Waals surface area contributed by atoms with Gasteiger partial charge in [0.25, 0.3) is 0 Å². The number of likely N-dealkylation sites (tertiary alicyclic amines) is 1. The van der Waals surface area contributed by atoms with Crippen molar-refractivity contribution in [2.75, 3.05) is 32.8 Å². The summed E-state index contributed by atoms with van der Waals surface area (Å²) in [6.07, 6.45) is 5.95. The van der Waals surface area contributed by atoms with Crippen LogP contribution in [-0.4, -0.2) is 60.8 Å². The third-order valence-electron chi connectivity index (χ3n) is 4.39. The Morgan fingerprint density at radius 1 is 1.19 bits per heavy atom. The van der Waals surface area contributed by atoms with Crippen LogP contribution in [0.4, 0.5) is 0 Å². The van der Waals surface area contributed by atoms with Crippen molar-refractivity contribution in [3.05, 3.63) is 0 Å². The number of carbonyl (C=O) groups excluding carboxylic acids is 1. The first-order valence-corrected chi connectivity index (χ1v) is 7.99. The van der Waals surface area contributed by atoms with Crippen LogP contribution in [0.25, 0.3) is 0 Å². The second kappa shape index (κ2) is 8.34. The molecule has 120 valence electrons. The molecule has 2 rings (SSSR count). The summed E-state index contributed by atoms with van der Waals surface area (Å²) in [6, 6.07) is 0. The zero-order valence-corrected chi connectivity index (χ0v) is 12.6. The summed E-state index contributed by atoms with van der Waals surface area (Å²) < 4.78 is 5.64. The van der Waals surface area contributed by atoms with Crippen LogP contribution in [0.1, 0.15) is 38.5 Å². The second-order valence-corrected chi connectivity index (χ2v) is 5.95.